The van der Waals surface area contributed by atoms with E-state index in [2.05, 4.69) is 25.1 Å². The molecule has 10 nitrogen and oxygen atoms in total. The first-order valence-corrected chi connectivity index (χ1v) is 14.1. The van der Waals surface area contributed by atoms with Crippen molar-refractivity contribution in [2.75, 3.05) is 23.1 Å². The number of nitrogens with zero attached hydrogens (tertiary/aromatic N) is 5. The van der Waals surface area contributed by atoms with E-state index in [0.717, 1.165) is 41.9 Å². The maximum Gasteiger partial charge on any atom is 0.573 e. The van der Waals surface area contributed by atoms with Crippen LogP contribution in [0.25, 0.3) is 17.1 Å². The molecule has 44 heavy (non-hydrogen) atoms. The number of carbonyl (C=O) groups is 2. The summed E-state index contributed by atoms with van der Waals surface area (Å²) in [6.45, 7) is 2.01. The summed E-state index contributed by atoms with van der Waals surface area (Å²) in [5.74, 6) is -0.660. The average molecular weight is 629 g/mol. The average Bonchev–Trinajstić information content (AvgIpc) is 3.61. The molecule has 1 fully saturated rings. The normalized spacial score (nSPS) is 14.3. The van der Waals surface area contributed by atoms with E-state index in [4.69, 9.17) is 4.74 Å². The van der Waals surface area contributed by atoms with Gasteiger partial charge in [-0.3, -0.25) is 9.69 Å². The van der Waals surface area contributed by atoms with Gasteiger partial charge in [0.15, 0.2) is 11.0 Å². The first-order valence-electron chi connectivity index (χ1n) is 13.1. The maximum absolute atomic E-state index is 15.0. The van der Waals surface area contributed by atoms with Gasteiger partial charge in [0.25, 0.3) is 0 Å². The van der Waals surface area contributed by atoms with Crippen LogP contribution >= 0.6 is 11.8 Å². The van der Waals surface area contributed by atoms with Crippen LogP contribution in [-0.4, -0.2) is 51.1 Å². The van der Waals surface area contributed by atoms with Crippen LogP contribution in [0.3, 0.4) is 0 Å². The fourth-order valence-corrected chi connectivity index (χ4v) is 5.21. The Balaban J connectivity index is 1.31. The van der Waals surface area contributed by atoms with Gasteiger partial charge in [0.1, 0.15) is 23.6 Å². The number of aromatic nitrogens is 3. The second-order valence-corrected chi connectivity index (χ2v) is 10.3. The second kappa shape index (κ2) is 12.8. The van der Waals surface area contributed by atoms with Gasteiger partial charge < -0.3 is 14.8 Å². The quantitative estimate of drug-likeness (QED) is 0.219. The molecule has 1 N–H and O–H groups in total. The van der Waals surface area contributed by atoms with Crippen LogP contribution in [0.1, 0.15) is 18.9 Å². The van der Waals surface area contributed by atoms with Gasteiger partial charge in [-0.1, -0.05) is 31.2 Å². The number of amides is 3. The van der Waals surface area contributed by atoms with Crippen molar-refractivity contribution in [3.63, 3.8) is 0 Å². The molecule has 0 spiro atoms. The van der Waals surface area contributed by atoms with Gasteiger partial charge in [-0.2, -0.15) is 4.99 Å². The Morgan fingerprint density at radius 1 is 1.09 bits per heavy atom. The third kappa shape index (κ3) is 6.99. The van der Waals surface area contributed by atoms with Gasteiger partial charge >= 0.3 is 12.4 Å². The Morgan fingerprint density at radius 3 is 2.52 bits per heavy atom. The lowest BCUT2D eigenvalue weighted by Crippen LogP contribution is -2.31. The lowest BCUT2D eigenvalue weighted by atomic mass is 10.1. The van der Waals surface area contributed by atoms with E-state index in [9.17, 15) is 22.8 Å². The minimum absolute atomic E-state index is 0.0864. The van der Waals surface area contributed by atoms with Crippen molar-refractivity contribution in [1.82, 2.24) is 14.8 Å². The third-order valence-electron chi connectivity index (χ3n) is 6.31. The van der Waals surface area contributed by atoms with Crippen LogP contribution < -0.4 is 19.7 Å². The van der Waals surface area contributed by atoms with Crippen molar-refractivity contribution in [2.24, 2.45) is 4.99 Å². The summed E-state index contributed by atoms with van der Waals surface area (Å²) in [5, 5.41) is 6.81. The highest BCUT2D eigenvalue weighted by molar-refractivity contribution is 8.15. The number of carbonyl (C=O) groups excluding carboxylic acids is 2. The van der Waals surface area contributed by atoms with Gasteiger partial charge in [0, 0.05) is 11.6 Å². The van der Waals surface area contributed by atoms with E-state index in [1.54, 1.807) is 12.1 Å². The van der Waals surface area contributed by atoms with Crippen molar-refractivity contribution in [3.8, 4) is 28.6 Å². The number of rotatable bonds is 8. The predicted octanol–water partition coefficient (Wildman–Crippen LogP) is 6.60. The number of alkyl halides is 3. The summed E-state index contributed by atoms with van der Waals surface area (Å²) in [6.07, 6.45) is -1.96. The summed E-state index contributed by atoms with van der Waals surface area (Å²) in [5.41, 5.74) is 1.99. The molecule has 1 saturated heterocycles. The van der Waals surface area contributed by atoms with Gasteiger partial charge in [0.05, 0.1) is 29.9 Å². The van der Waals surface area contributed by atoms with Crippen molar-refractivity contribution in [1.29, 1.82) is 0 Å². The number of ether oxygens (including phenoxy) is 2. The molecule has 0 atom stereocenters. The zero-order chi connectivity index (χ0) is 31.4. The topological polar surface area (TPSA) is 111 Å². The number of thioether (sulfide) groups is 1. The highest BCUT2D eigenvalue weighted by atomic mass is 32.2. The zero-order valence-electron chi connectivity index (χ0n) is 23.3. The van der Waals surface area contributed by atoms with E-state index >= 15 is 4.39 Å². The first kappa shape index (κ1) is 30.5. The molecular weight excluding hydrogens is 604 g/mol. The number of aliphatic imine (C=N–C) groups is 1. The Bertz CT molecular complexity index is 1730. The molecular formula is C29H24F4N6O4S. The predicted molar refractivity (Wildman–Crippen MR) is 157 cm³/mol. The summed E-state index contributed by atoms with van der Waals surface area (Å²) >= 11 is 1.10. The fourth-order valence-electron chi connectivity index (χ4n) is 4.35. The van der Waals surface area contributed by atoms with Crippen LogP contribution in [0.4, 0.5) is 33.7 Å². The van der Waals surface area contributed by atoms with E-state index in [0.29, 0.717) is 23.5 Å². The monoisotopic (exact) mass is 628 g/mol. The number of halogens is 4. The molecule has 3 amide bonds. The van der Waals surface area contributed by atoms with Crippen molar-refractivity contribution < 1.29 is 36.6 Å². The molecule has 15 heteroatoms. The molecule has 2 heterocycles. The fraction of sp³-hybridized carbons (Fsp3) is 0.207. The number of methoxy groups -OCH3 is 1. The van der Waals surface area contributed by atoms with E-state index in [1.165, 1.54) is 47.3 Å². The summed E-state index contributed by atoms with van der Waals surface area (Å²) in [6, 6.07) is 13.4. The van der Waals surface area contributed by atoms with Gasteiger partial charge in [-0.25, -0.2) is 18.9 Å². The van der Waals surface area contributed by atoms with Crippen LogP contribution in [0.2, 0.25) is 0 Å². The molecule has 0 radical (unpaired) electrons. The Morgan fingerprint density at radius 2 is 1.84 bits per heavy atom. The first-order chi connectivity index (χ1) is 21.0. The minimum atomic E-state index is -4.81. The molecule has 0 unspecified atom stereocenters. The molecule has 5 rings (SSSR count). The Hall–Kier alpha value is -4.92. The largest absolute Gasteiger partial charge is 0.573 e. The highest BCUT2D eigenvalue weighted by Crippen LogP contribution is 2.33. The van der Waals surface area contributed by atoms with E-state index in [1.807, 2.05) is 13.0 Å². The van der Waals surface area contributed by atoms with Gasteiger partial charge in [-0.05, 0) is 60.5 Å². The number of amidine groups is 1. The van der Waals surface area contributed by atoms with Crippen molar-refractivity contribution >= 4 is 40.2 Å². The maximum atomic E-state index is 15.0. The highest BCUT2D eigenvalue weighted by Gasteiger charge is 2.33. The van der Waals surface area contributed by atoms with Crippen molar-refractivity contribution in [2.45, 2.75) is 26.1 Å². The minimum Gasteiger partial charge on any atom is -0.497 e. The molecule has 1 aliphatic rings. The van der Waals surface area contributed by atoms with E-state index < -0.39 is 18.2 Å². The van der Waals surface area contributed by atoms with Crippen LogP contribution in [0.5, 0.6) is 11.5 Å². The second-order valence-electron chi connectivity index (χ2n) is 9.34. The molecule has 0 aliphatic carbocycles. The molecule has 0 saturated carbocycles. The van der Waals surface area contributed by atoms with E-state index in [-0.39, 0.29) is 39.7 Å². The number of benzene rings is 3. The van der Waals surface area contributed by atoms with Gasteiger partial charge in [-0.15, -0.1) is 18.3 Å². The molecule has 228 valence electrons. The summed E-state index contributed by atoms with van der Waals surface area (Å²) < 4.78 is 62.7. The van der Waals surface area contributed by atoms with Crippen LogP contribution in [0, 0.1) is 5.82 Å². The number of anilines is 2. The molecule has 0 bridgehead atoms. The Kier molecular flexibility index (Phi) is 8.85. The number of hydrogen-bond acceptors (Lipinski definition) is 7. The van der Waals surface area contributed by atoms with Crippen molar-refractivity contribution in [3.05, 3.63) is 78.4 Å². The SMILES string of the molecule is CCCc1ccc(OC)cc1N1C(=O)CS/C1=N\C(=O)Nc1ccc(-c2ncn(-c3ccc(OC(F)(F)F)cc3)n2)cc1F. The van der Waals surface area contributed by atoms with Crippen LogP contribution in [-0.2, 0) is 11.2 Å². The number of aryl methyl sites for hydroxylation is 1. The summed E-state index contributed by atoms with van der Waals surface area (Å²) in [4.78, 5) is 35.2. The number of urea groups is 1. The van der Waals surface area contributed by atoms with Gasteiger partial charge in [0.2, 0.25) is 5.91 Å². The van der Waals surface area contributed by atoms with Crippen LogP contribution in [0.15, 0.2) is 72.0 Å². The standard InChI is InChI=1S/C29H24F4N6O4S/c1-3-4-17-5-9-21(42-2)14-24(17)39-25(40)15-44-28(39)36-27(41)35-23-12-6-18(13-22(23)30)26-34-16-38(37-26)19-7-10-20(11-8-19)43-29(31,32)33/h5-14,16H,3-4,15H2,1-2H3,(H,35,41)/b36-28-. The molecule has 1 aliphatic heterocycles. The molecule has 4 aromatic rings. The lowest BCUT2D eigenvalue weighted by Gasteiger charge is -2.20. The molecule has 3 aromatic carbocycles. The zero-order valence-corrected chi connectivity index (χ0v) is 24.1. The third-order valence-corrected chi connectivity index (χ3v) is 7.23. The summed E-state index contributed by atoms with van der Waals surface area (Å²) in [7, 11) is 1.52. The lowest BCUT2D eigenvalue weighted by molar-refractivity contribution is -0.274. The number of nitrogens with one attached hydrogen (secondary N) is 1. The Labute approximate surface area is 252 Å². The number of hydrogen-bond donors (Lipinski definition) is 1. The smallest absolute Gasteiger partial charge is 0.497 e. The molecule has 1 aromatic heterocycles.